The van der Waals surface area contributed by atoms with Crippen LogP contribution in [0.3, 0.4) is 0 Å². The Hall–Kier alpha value is -0.460. The quantitative estimate of drug-likeness (QED) is 0.700. The van der Waals surface area contributed by atoms with Gasteiger partial charge in [0.1, 0.15) is 5.52 Å². The summed E-state index contributed by atoms with van der Waals surface area (Å²) in [6, 6.07) is 1.98. The lowest BCUT2D eigenvalue weighted by Crippen LogP contribution is -2.05. The standard InChI is InChI=1S/C9H8BrN3S2/c1-5-8-7(3-6(10)4-11-8)13(12-5)9(14)15-2/h3-4H,1-2H3. The van der Waals surface area contributed by atoms with Crippen LogP contribution in [0.2, 0.25) is 0 Å². The molecule has 3 nitrogen and oxygen atoms in total. The second-order valence-electron chi connectivity index (χ2n) is 2.99. The van der Waals surface area contributed by atoms with Crippen molar-refractivity contribution < 1.29 is 0 Å². The van der Waals surface area contributed by atoms with Crippen LogP contribution in [-0.2, 0) is 0 Å². The van der Waals surface area contributed by atoms with Gasteiger partial charge in [-0.15, -0.1) is 0 Å². The molecule has 0 aliphatic heterocycles. The van der Waals surface area contributed by atoms with Gasteiger partial charge in [0, 0.05) is 10.7 Å². The van der Waals surface area contributed by atoms with Crippen molar-refractivity contribution in [2.45, 2.75) is 6.92 Å². The fourth-order valence-corrected chi connectivity index (χ4v) is 2.12. The van der Waals surface area contributed by atoms with Crippen LogP contribution >= 0.6 is 39.9 Å². The number of halogens is 1. The minimum absolute atomic E-state index is 0.730. The number of aromatic nitrogens is 3. The Morgan fingerprint density at radius 3 is 3.00 bits per heavy atom. The molecule has 0 fully saturated rings. The van der Waals surface area contributed by atoms with Gasteiger partial charge in [-0.1, -0.05) is 24.0 Å². The Balaban J connectivity index is 2.75. The maximum absolute atomic E-state index is 5.23. The van der Waals surface area contributed by atoms with E-state index in [0.29, 0.717) is 0 Å². The fraction of sp³-hybridized carbons (Fsp3) is 0.222. The van der Waals surface area contributed by atoms with Gasteiger partial charge in [0.15, 0.2) is 4.32 Å². The first kappa shape index (κ1) is 11.0. The lowest BCUT2D eigenvalue weighted by atomic mass is 10.3. The topological polar surface area (TPSA) is 30.7 Å². The van der Waals surface area contributed by atoms with E-state index in [2.05, 4.69) is 26.0 Å². The SMILES string of the molecule is CSC(=S)n1nc(C)c2ncc(Br)cc21. The molecule has 2 heterocycles. The van der Waals surface area contributed by atoms with Crippen molar-refractivity contribution in [3.63, 3.8) is 0 Å². The third-order valence-corrected chi connectivity index (χ3v) is 3.63. The zero-order valence-corrected chi connectivity index (χ0v) is 11.4. The molecular formula is C9H8BrN3S2. The van der Waals surface area contributed by atoms with E-state index in [1.807, 2.05) is 19.2 Å². The molecule has 15 heavy (non-hydrogen) atoms. The van der Waals surface area contributed by atoms with Gasteiger partial charge in [-0.05, 0) is 35.2 Å². The number of pyridine rings is 1. The maximum Gasteiger partial charge on any atom is 0.161 e. The highest BCUT2D eigenvalue weighted by Gasteiger charge is 2.11. The molecule has 0 aromatic carbocycles. The fourth-order valence-electron chi connectivity index (χ4n) is 1.35. The lowest BCUT2D eigenvalue weighted by Gasteiger charge is -2.00. The van der Waals surface area contributed by atoms with Crippen LogP contribution in [0.5, 0.6) is 0 Å². The van der Waals surface area contributed by atoms with E-state index in [4.69, 9.17) is 12.2 Å². The lowest BCUT2D eigenvalue weighted by molar-refractivity contribution is 0.963. The maximum atomic E-state index is 5.23. The summed E-state index contributed by atoms with van der Waals surface area (Å²) >= 11 is 10.1. The van der Waals surface area contributed by atoms with Gasteiger partial charge < -0.3 is 0 Å². The second-order valence-corrected chi connectivity index (χ2v) is 5.34. The van der Waals surface area contributed by atoms with Gasteiger partial charge in [0.25, 0.3) is 0 Å². The molecule has 0 aliphatic rings. The van der Waals surface area contributed by atoms with E-state index in [9.17, 15) is 0 Å². The van der Waals surface area contributed by atoms with Crippen LogP contribution in [-0.4, -0.2) is 25.3 Å². The first-order valence-electron chi connectivity index (χ1n) is 4.22. The average Bonchev–Trinajstić information content (AvgIpc) is 2.54. The average molecular weight is 302 g/mol. The highest BCUT2D eigenvalue weighted by Crippen LogP contribution is 2.21. The Labute approximate surface area is 105 Å². The van der Waals surface area contributed by atoms with Gasteiger partial charge >= 0.3 is 0 Å². The summed E-state index contributed by atoms with van der Waals surface area (Å²) in [7, 11) is 0. The molecule has 0 spiro atoms. The molecule has 0 N–H and O–H groups in total. The van der Waals surface area contributed by atoms with Crippen LogP contribution < -0.4 is 0 Å². The Morgan fingerprint density at radius 2 is 2.33 bits per heavy atom. The number of aryl methyl sites for hydroxylation is 1. The van der Waals surface area contributed by atoms with E-state index >= 15 is 0 Å². The van der Waals surface area contributed by atoms with E-state index < -0.39 is 0 Å². The van der Waals surface area contributed by atoms with Crippen molar-refractivity contribution in [3.05, 3.63) is 22.4 Å². The first-order chi connectivity index (χ1) is 7.13. The molecule has 2 aromatic rings. The van der Waals surface area contributed by atoms with E-state index in [0.717, 1.165) is 25.5 Å². The van der Waals surface area contributed by atoms with Crippen molar-refractivity contribution >= 4 is 55.3 Å². The molecule has 2 rings (SSSR count). The molecular weight excluding hydrogens is 294 g/mol. The highest BCUT2D eigenvalue weighted by atomic mass is 79.9. The summed E-state index contributed by atoms with van der Waals surface area (Å²) in [5.74, 6) is 0. The number of nitrogens with zero attached hydrogens (tertiary/aromatic N) is 3. The Morgan fingerprint density at radius 1 is 1.60 bits per heavy atom. The molecule has 0 aliphatic carbocycles. The monoisotopic (exact) mass is 301 g/mol. The molecule has 0 saturated carbocycles. The molecule has 78 valence electrons. The summed E-state index contributed by atoms with van der Waals surface area (Å²) in [6.45, 7) is 1.93. The number of thioether (sulfide) groups is 1. The summed E-state index contributed by atoms with van der Waals surface area (Å²) in [6.07, 6.45) is 3.71. The van der Waals surface area contributed by atoms with Crippen molar-refractivity contribution in [1.29, 1.82) is 0 Å². The largest absolute Gasteiger partial charge is 0.251 e. The second kappa shape index (κ2) is 4.19. The summed E-state index contributed by atoms with van der Waals surface area (Å²) < 4.78 is 3.41. The van der Waals surface area contributed by atoms with Crippen LogP contribution in [0.1, 0.15) is 5.69 Å². The predicted octanol–water partition coefficient (Wildman–Crippen LogP) is 3.00. The van der Waals surface area contributed by atoms with E-state index in [-0.39, 0.29) is 0 Å². The third kappa shape index (κ3) is 1.93. The zero-order valence-electron chi connectivity index (χ0n) is 8.19. The molecule has 6 heteroatoms. The molecule has 2 aromatic heterocycles. The predicted molar refractivity (Wildman–Crippen MR) is 71.5 cm³/mol. The minimum atomic E-state index is 0.730. The minimum Gasteiger partial charge on any atom is -0.251 e. The molecule has 0 radical (unpaired) electrons. The smallest absolute Gasteiger partial charge is 0.161 e. The number of thiocarbonyl (C=S) groups is 1. The van der Waals surface area contributed by atoms with Gasteiger partial charge in [-0.3, -0.25) is 4.98 Å². The molecule has 0 atom stereocenters. The van der Waals surface area contributed by atoms with Crippen LogP contribution in [0.25, 0.3) is 11.0 Å². The molecule has 0 amide bonds. The van der Waals surface area contributed by atoms with Crippen molar-refractivity contribution in [2.75, 3.05) is 6.26 Å². The Bertz CT molecular complexity index is 535. The number of hydrogen-bond donors (Lipinski definition) is 0. The molecule has 0 unspecified atom stereocenters. The van der Waals surface area contributed by atoms with Crippen LogP contribution in [0, 0.1) is 6.92 Å². The highest BCUT2D eigenvalue weighted by molar-refractivity contribution is 9.10. The molecule has 0 bridgehead atoms. The van der Waals surface area contributed by atoms with Gasteiger partial charge in [-0.25, -0.2) is 4.68 Å². The Kier molecular flexibility index (Phi) is 3.08. The van der Waals surface area contributed by atoms with E-state index in [1.54, 1.807) is 10.9 Å². The zero-order chi connectivity index (χ0) is 11.0. The van der Waals surface area contributed by atoms with E-state index in [1.165, 1.54) is 11.8 Å². The van der Waals surface area contributed by atoms with Crippen molar-refractivity contribution in [3.8, 4) is 0 Å². The van der Waals surface area contributed by atoms with Crippen molar-refractivity contribution in [1.82, 2.24) is 14.8 Å². The van der Waals surface area contributed by atoms with Gasteiger partial charge in [0.05, 0.1) is 11.2 Å². The normalized spacial score (nSPS) is 10.9. The summed E-state index contributed by atoms with van der Waals surface area (Å²) in [5, 5.41) is 4.37. The number of hydrogen-bond acceptors (Lipinski definition) is 4. The van der Waals surface area contributed by atoms with Gasteiger partial charge in [0.2, 0.25) is 0 Å². The van der Waals surface area contributed by atoms with Crippen molar-refractivity contribution in [2.24, 2.45) is 0 Å². The first-order valence-corrected chi connectivity index (χ1v) is 6.65. The third-order valence-electron chi connectivity index (χ3n) is 2.00. The van der Waals surface area contributed by atoms with Gasteiger partial charge in [-0.2, -0.15) is 5.10 Å². The number of fused-ring (bicyclic) bond motifs is 1. The summed E-state index contributed by atoms with van der Waals surface area (Å²) in [5.41, 5.74) is 2.74. The number of rotatable bonds is 0. The van der Waals surface area contributed by atoms with Crippen LogP contribution in [0.15, 0.2) is 16.7 Å². The molecule has 0 saturated heterocycles. The summed E-state index contributed by atoms with van der Waals surface area (Å²) in [4.78, 5) is 4.32. The van der Waals surface area contributed by atoms with Crippen LogP contribution in [0.4, 0.5) is 0 Å².